The highest BCUT2D eigenvalue weighted by molar-refractivity contribution is 8.14. The number of nitro groups is 1. The fourth-order valence-electron chi connectivity index (χ4n) is 2.84. The lowest BCUT2D eigenvalue weighted by molar-refractivity contribution is -0.384. The monoisotopic (exact) mass is 403 g/mol. The van der Waals surface area contributed by atoms with Gasteiger partial charge in [0, 0.05) is 23.9 Å². The van der Waals surface area contributed by atoms with Gasteiger partial charge in [0.1, 0.15) is 0 Å². The number of halogens is 1. The molecule has 0 spiro atoms. The smallest absolute Gasteiger partial charge is 0.270 e. The van der Waals surface area contributed by atoms with Crippen molar-refractivity contribution in [3.05, 3.63) is 68.7 Å². The number of non-ortho nitro benzene ring substituents is 1. The summed E-state index contributed by atoms with van der Waals surface area (Å²) < 4.78 is 0. The molecule has 0 unspecified atom stereocenters. The summed E-state index contributed by atoms with van der Waals surface area (Å²) in [5.41, 5.74) is 1.96. The maximum atomic E-state index is 13.2. The predicted molar refractivity (Wildman–Crippen MR) is 109 cm³/mol. The van der Waals surface area contributed by atoms with Crippen molar-refractivity contribution in [2.24, 2.45) is 4.99 Å². The minimum absolute atomic E-state index is 0.00248. The summed E-state index contributed by atoms with van der Waals surface area (Å²) in [5, 5.41) is 11.6. The fourth-order valence-corrected chi connectivity index (χ4v) is 4.36. The highest BCUT2D eigenvalue weighted by Crippen LogP contribution is 2.32. The summed E-state index contributed by atoms with van der Waals surface area (Å²) >= 11 is 7.69. The quantitative estimate of drug-likeness (QED) is 0.518. The summed E-state index contributed by atoms with van der Waals surface area (Å²) in [6, 6.07) is 11.7. The van der Waals surface area contributed by atoms with E-state index >= 15 is 0 Å². The van der Waals surface area contributed by atoms with Gasteiger partial charge in [0.25, 0.3) is 11.6 Å². The summed E-state index contributed by atoms with van der Waals surface area (Å²) in [7, 11) is 0. The third-order valence-corrected chi connectivity index (χ3v) is 5.70. The highest BCUT2D eigenvalue weighted by Gasteiger charge is 2.35. The van der Waals surface area contributed by atoms with Crippen molar-refractivity contribution in [2.75, 3.05) is 5.75 Å². The van der Waals surface area contributed by atoms with Gasteiger partial charge >= 0.3 is 0 Å². The van der Waals surface area contributed by atoms with Gasteiger partial charge in [-0.3, -0.25) is 19.8 Å². The van der Waals surface area contributed by atoms with Crippen LogP contribution in [-0.2, 0) is 0 Å². The molecule has 0 aliphatic carbocycles. The van der Waals surface area contributed by atoms with E-state index in [4.69, 9.17) is 11.6 Å². The Kier molecular flexibility index (Phi) is 5.82. The largest absolute Gasteiger partial charge is 0.283 e. The topological polar surface area (TPSA) is 75.8 Å². The maximum Gasteiger partial charge on any atom is 0.270 e. The zero-order valence-corrected chi connectivity index (χ0v) is 16.5. The van der Waals surface area contributed by atoms with Gasteiger partial charge in [-0.15, -0.1) is 0 Å². The molecule has 1 aliphatic heterocycles. The van der Waals surface area contributed by atoms with Gasteiger partial charge in [-0.1, -0.05) is 42.4 Å². The molecule has 2 aromatic rings. The van der Waals surface area contributed by atoms with Gasteiger partial charge < -0.3 is 0 Å². The number of amides is 1. The Balaban J connectivity index is 1.98. The van der Waals surface area contributed by atoms with Crippen LogP contribution >= 0.6 is 23.4 Å². The maximum absolute atomic E-state index is 13.2. The molecule has 3 rings (SSSR count). The minimum Gasteiger partial charge on any atom is -0.283 e. The average Bonchev–Trinajstić information content (AvgIpc) is 3.03. The third-order valence-electron chi connectivity index (χ3n) is 4.29. The Morgan fingerprint density at radius 2 is 2.15 bits per heavy atom. The SMILES string of the molecule is CC[C@@H]1CSC(=Nc2cccc(C)c2)N1C(=O)c1ccc([N+](=O)[O-])cc1Cl. The van der Waals surface area contributed by atoms with E-state index in [2.05, 4.69) is 4.99 Å². The van der Waals surface area contributed by atoms with Crippen molar-refractivity contribution in [3.63, 3.8) is 0 Å². The number of aliphatic imine (C=N–C) groups is 1. The Morgan fingerprint density at radius 3 is 2.78 bits per heavy atom. The van der Waals surface area contributed by atoms with Crippen LogP contribution in [0.25, 0.3) is 0 Å². The number of carbonyl (C=O) groups excluding carboxylic acids is 1. The highest BCUT2D eigenvalue weighted by atomic mass is 35.5. The molecule has 0 aromatic heterocycles. The zero-order chi connectivity index (χ0) is 19.6. The number of hydrogen-bond acceptors (Lipinski definition) is 5. The summed E-state index contributed by atoms with van der Waals surface area (Å²) in [4.78, 5) is 29.8. The Morgan fingerprint density at radius 1 is 1.37 bits per heavy atom. The molecule has 0 N–H and O–H groups in total. The van der Waals surface area contributed by atoms with Crippen LogP contribution in [0.15, 0.2) is 47.5 Å². The number of thioether (sulfide) groups is 1. The van der Waals surface area contributed by atoms with Gasteiger partial charge in [-0.2, -0.15) is 0 Å². The fraction of sp³-hybridized carbons (Fsp3) is 0.263. The molecule has 2 aromatic carbocycles. The number of nitro benzene ring substituents is 1. The van der Waals surface area contributed by atoms with E-state index in [9.17, 15) is 14.9 Å². The molecule has 1 fully saturated rings. The lowest BCUT2D eigenvalue weighted by Crippen LogP contribution is -2.39. The second-order valence-corrected chi connectivity index (χ2v) is 7.60. The number of hydrogen-bond donors (Lipinski definition) is 0. The molecular weight excluding hydrogens is 386 g/mol. The molecule has 0 radical (unpaired) electrons. The second kappa shape index (κ2) is 8.10. The standard InChI is InChI=1S/C19H18ClN3O3S/c1-3-14-11-27-19(21-13-6-4-5-12(2)9-13)22(14)18(24)16-8-7-15(23(25)26)10-17(16)20/h4-10,14H,3,11H2,1-2H3/t14-/m1/s1. The van der Waals surface area contributed by atoms with Gasteiger partial charge in [0.15, 0.2) is 5.17 Å². The van der Waals surface area contributed by atoms with Crippen molar-refractivity contribution in [1.82, 2.24) is 4.90 Å². The molecule has 1 amide bonds. The van der Waals surface area contributed by atoms with Crippen LogP contribution in [0, 0.1) is 17.0 Å². The Labute approximate surface area is 166 Å². The Hall–Kier alpha value is -2.38. The van der Waals surface area contributed by atoms with Crippen LogP contribution in [0.2, 0.25) is 5.02 Å². The van der Waals surface area contributed by atoms with E-state index in [-0.39, 0.29) is 28.2 Å². The molecular formula is C19H18ClN3O3S. The number of nitrogens with zero attached hydrogens (tertiary/aromatic N) is 3. The third kappa shape index (κ3) is 4.14. The van der Waals surface area contributed by atoms with Gasteiger partial charge in [0.2, 0.25) is 0 Å². The number of rotatable bonds is 4. The van der Waals surface area contributed by atoms with Crippen molar-refractivity contribution < 1.29 is 9.72 Å². The van der Waals surface area contributed by atoms with Crippen molar-refractivity contribution in [2.45, 2.75) is 26.3 Å². The molecule has 0 bridgehead atoms. The number of aryl methyl sites for hydroxylation is 1. The molecule has 1 atom stereocenters. The molecule has 6 nitrogen and oxygen atoms in total. The van der Waals surface area contributed by atoms with Crippen LogP contribution in [0.5, 0.6) is 0 Å². The summed E-state index contributed by atoms with van der Waals surface area (Å²) in [6.07, 6.45) is 0.774. The average molecular weight is 404 g/mol. The minimum atomic E-state index is -0.536. The predicted octanol–water partition coefficient (Wildman–Crippen LogP) is 5.21. The van der Waals surface area contributed by atoms with Crippen LogP contribution in [-0.4, -0.2) is 32.7 Å². The van der Waals surface area contributed by atoms with Crippen LogP contribution in [0.3, 0.4) is 0 Å². The van der Waals surface area contributed by atoms with Crippen molar-refractivity contribution >= 4 is 45.8 Å². The first-order valence-corrected chi connectivity index (χ1v) is 9.82. The van der Waals surface area contributed by atoms with Crippen molar-refractivity contribution in [1.29, 1.82) is 0 Å². The molecule has 1 heterocycles. The van der Waals surface area contributed by atoms with E-state index in [0.29, 0.717) is 5.17 Å². The molecule has 1 saturated heterocycles. The van der Waals surface area contributed by atoms with Crippen LogP contribution < -0.4 is 0 Å². The van der Waals surface area contributed by atoms with E-state index in [0.717, 1.165) is 23.4 Å². The zero-order valence-electron chi connectivity index (χ0n) is 14.9. The summed E-state index contributed by atoms with van der Waals surface area (Å²) in [5.74, 6) is 0.454. The molecule has 8 heteroatoms. The number of carbonyl (C=O) groups is 1. The lowest BCUT2D eigenvalue weighted by Gasteiger charge is -2.23. The summed E-state index contributed by atoms with van der Waals surface area (Å²) in [6.45, 7) is 4.00. The molecule has 27 heavy (non-hydrogen) atoms. The van der Waals surface area contributed by atoms with Crippen molar-refractivity contribution in [3.8, 4) is 0 Å². The van der Waals surface area contributed by atoms with Gasteiger partial charge in [0.05, 0.1) is 21.2 Å². The van der Waals surface area contributed by atoms with Gasteiger partial charge in [-0.05, 0) is 37.1 Å². The molecule has 140 valence electrons. The lowest BCUT2D eigenvalue weighted by atomic mass is 10.1. The molecule has 1 aliphatic rings. The first-order valence-electron chi connectivity index (χ1n) is 8.46. The Bertz CT molecular complexity index is 932. The second-order valence-electron chi connectivity index (χ2n) is 6.20. The van der Waals surface area contributed by atoms with E-state index < -0.39 is 4.92 Å². The number of amidine groups is 1. The molecule has 0 saturated carbocycles. The first kappa shape index (κ1) is 19.4. The van der Waals surface area contributed by atoms with Crippen LogP contribution in [0.1, 0.15) is 29.3 Å². The van der Waals surface area contributed by atoms with E-state index in [1.165, 1.54) is 30.0 Å². The first-order chi connectivity index (χ1) is 12.9. The van der Waals surface area contributed by atoms with E-state index in [1.807, 2.05) is 38.1 Å². The normalized spacial score (nSPS) is 18.1. The number of benzene rings is 2. The van der Waals surface area contributed by atoms with Crippen LogP contribution in [0.4, 0.5) is 11.4 Å². The van der Waals surface area contributed by atoms with Gasteiger partial charge in [-0.25, -0.2) is 4.99 Å². The van der Waals surface area contributed by atoms with E-state index in [1.54, 1.807) is 4.90 Å².